The summed E-state index contributed by atoms with van der Waals surface area (Å²) < 4.78 is 59.6. The molecule has 1 aliphatic rings. The maximum Gasteiger partial charge on any atom is 0.298 e. The van der Waals surface area contributed by atoms with E-state index in [2.05, 4.69) is 15.3 Å². The molecule has 0 radical (unpaired) electrons. The van der Waals surface area contributed by atoms with E-state index in [0.29, 0.717) is 40.6 Å². The minimum Gasteiger partial charge on any atom is -0.493 e. The van der Waals surface area contributed by atoms with Crippen LogP contribution in [0.2, 0.25) is 0 Å². The third-order valence-electron chi connectivity index (χ3n) is 5.98. The summed E-state index contributed by atoms with van der Waals surface area (Å²) in [5.74, 6) is -3.35. The number of nitrogens with one attached hydrogen (secondary N) is 1. The summed E-state index contributed by atoms with van der Waals surface area (Å²) in [6, 6.07) is 6.96. The largest absolute Gasteiger partial charge is 0.493 e. The van der Waals surface area contributed by atoms with Crippen LogP contribution in [-0.4, -0.2) is 72.5 Å². The van der Waals surface area contributed by atoms with Gasteiger partial charge >= 0.3 is 0 Å². The topological polar surface area (TPSA) is 106 Å². The van der Waals surface area contributed by atoms with Crippen molar-refractivity contribution in [1.29, 1.82) is 0 Å². The maximum atomic E-state index is 14.8. The Kier molecular flexibility index (Phi) is 7.69. The highest BCUT2D eigenvalue weighted by molar-refractivity contribution is 5.91. The second-order valence-corrected chi connectivity index (χ2v) is 8.65. The molecule has 0 bridgehead atoms. The number of anilines is 1. The number of amides is 1. The van der Waals surface area contributed by atoms with Crippen molar-refractivity contribution in [3.8, 4) is 11.5 Å². The molecule has 1 fully saturated rings. The lowest BCUT2D eigenvalue weighted by molar-refractivity contribution is -0.148. The number of halogens is 3. The molecule has 1 atom stereocenters. The van der Waals surface area contributed by atoms with E-state index in [0.717, 1.165) is 6.07 Å². The number of carbonyl (C=O) groups is 1. The number of alkyl halides is 2. The van der Waals surface area contributed by atoms with Crippen molar-refractivity contribution in [1.82, 2.24) is 14.9 Å². The van der Waals surface area contributed by atoms with Gasteiger partial charge in [0.05, 0.1) is 18.2 Å². The number of hydrogen-bond acceptors (Lipinski definition) is 8. The number of benzene rings is 2. The third kappa shape index (κ3) is 5.70. The van der Waals surface area contributed by atoms with Gasteiger partial charge in [0.15, 0.2) is 11.5 Å². The number of fused-ring (bicyclic) bond motifs is 1. The van der Waals surface area contributed by atoms with Gasteiger partial charge in [0, 0.05) is 37.2 Å². The Labute approximate surface area is 211 Å². The number of aryl methyl sites for hydroxylation is 1. The van der Waals surface area contributed by atoms with Gasteiger partial charge in [0.1, 0.15) is 43.4 Å². The first-order valence-corrected chi connectivity index (χ1v) is 11.5. The molecule has 0 aliphatic carbocycles. The smallest absolute Gasteiger partial charge is 0.298 e. The van der Waals surface area contributed by atoms with Crippen molar-refractivity contribution in [2.45, 2.75) is 25.5 Å². The van der Waals surface area contributed by atoms with E-state index in [1.165, 1.54) is 19.2 Å². The Balaban J connectivity index is 1.60. The monoisotopic (exact) mass is 520 g/mol. The normalized spacial score (nSPS) is 16.2. The van der Waals surface area contributed by atoms with Gasteiger partial charge in [-0.3, -0.25) is 4.79 Å². The zero-order chi connectivity index (χ0) is 26.7. The number of ether oxygens (including phenoxy) is 3. The number of methoxy groups -OCH3 is 1. The fourth-order valence-corrected chi connectivity index (χ4v) is 3.97. The zero-order valence-corrected chi connectivity index (χ0v) is 20.6. The Morgan fingerprint density at radius 1 is 1.27 bits per heavy atom. The van der Waals surface area contributed by atoms with Crippen molar-refractivity contribution in [3.05, 3.63) is 53.1 Å². The molecule has 12 heteroatoms. The molecule has 2 heterocycles. The molecule has 2 N–H and O–H groups in total. The van der Waals surface area contributed by atoms with Gasteiger partial charge in [-0.25, -0.2) is 14.4 Å². The van der Waals surface area contributed by atoms with Crippen molar-refractivity contribution in [2.24, 2.45) is 0 Å². The van der Waals surface area contributed by atoms with Gasteiger partial charge in [-0.2, -0.15) is 8.78 Å². The summed E-state index contributed by atoms with van der Waals surface area (Å²) in [4.78, 5) is 22.0. The summed E-state index contributed by atoms with van der Waals surface area (Å²) in [5.41, 5.74) is -0.372. The molecule has 1 amide bonds. The summed E-state index contributed by atoms with van der Waals surface area (Å²) in [6.07, 6.45) is -0.331. The molecule has 3 aromatic rings. The standard InChI is InChI=1S/C25H27F3N4O5/c1-14-30-19-8-20(35-3)21(37-11-16-10-32(2)22(34)12-36-16)7-17(19)24(31-14)29-9-15-5-4-6-18(23(15)26)25(27,28)13-33/h4-8,16,33H,9-13H2,1-3H3,(H,29,30,31)/t16-/m0/s1. The van der Waals surface area contributed by atoms with Crippen LogP contribution in [0.5, 0.6) is 11.5 Å². The van der Waals surface area contributed by atoms with Crippen LogP contribution in [0.3, 0.4) is 0 Å². The lowest BCUT2D eigenvalue weighted by atomic mass is 10.0. The van der Waals surface area contributed by atoms with Crippen molar-refractivity contribution < 1.29 is 37.3 Å². The number of morpholine rings is 1. The first-order chi connectivity index (χ1) is 17.6. The van der Waals surface area contributed by atoms with Crippen LogP contribution >= 0.6 is 0 Å². The Hall–Kier alpha value is -3.64. The Morgan fingerprint density at radius 2 is 2.05 bits per heavy atom. The Bertz CT molecular complexity index is 1310. The summed E-state index contributed by atoms with van der Waals surface area (Å²) >= 11 is 0. The predicted molar refractivity (Wildman–Crippen MR) is 128 cm³/mol. The molecule has 198 valence electrons. The fraction of sp³-hybridized carbons (Fsp3) is 0.400. The zero-order valence-electron chi connectivity index (χ0n) is 20.6. The molecular weight excluding hydrogens is 493 g/mol. The van der Waals surface area contributed by atoms with Gasteiger partial charge < -0.3 is 29.5 Å². The molecule has 1 aromatic heterocycles. The second kappa shape index (κ2) is 10.8. The molecule has 2 aromatic carbocycles. The molecule has 0 unspecified atom stereocenters. The van der Waals surface area contributed by atoms with Crippen LogP contribution in [0, 0.1) is 12.7 Å². The van der Waals surface area contributed by atoms with E-state index in [-0.39, 0.29) is 37.3 Å². The third-order valence-corrected chi connectivity index (χ3v) is 5.98. The highest BCUT2D eigenvalue weighted by atomic mass is 19.3. The molecule has 0 spiro atoms. The molecule has 1 saturated heterocycles. The first-order valence-electron chi connectivity index (χ1n) is 11.5. The van der Waals surface area contributed by atoms with Crippen LogP contribution < -0.4 is 14.8 Å². The van der Waals surface area contributed by atoms with E-state index in [9.17, 15) is 18.0 Å². The minimum atomic E-state index is -3.70. The summed E-state index contributed by atoms with van der Waals surface area (Å²) in [6.45, 7) is 0.548. The summed E-state index contributed by atoms with van der Waals surface area (Å²) in [7, 11) is 3.18. The number of aliphatic hydroxyl groups excluding tert-OH is 1. The van der Waals surface area contributed by atoms with Gasteiger partial charge in [0.25, 0.3) is 5.92 Å². The number of aliphatic hydroxyl groups is 1. The van der Waals surface area contributed by atoms with E-state index in [4.69, 9.17) is 19.3 Å². The average Bonchev–Trinajstić information content (AvgIpc) is 2.88. The van der Waals surface area contributed by atoms with E-state index >= 15 is 0 Å². The first kappa shape index (κ1) is 26.4. The SMILES string of the molecule is COc1cc2nc(C)nc(NCc3cccc(C(F)(F)CO)c3F)c2cc1OC[C@@H]1CN(C)C(=O)CO1. The average molecular weight is 521 g/mol. The van der Waals surface area contributed by atoms with E-state index < -0.39 is 23.9 Å². The number of rotatable bonds is 9. The van der Waals surface area contributed by atoms with Crippen molar-refractivity contribution in [2.75, 3.05) is 45.8 Å². The molecule has 37 heavy (non-hydrogen) atoms. The fourth-order valence-electron chi connectivity index (χ4n) is 3.97. The molecule has 4 rings (SSSR count). The number of aromatic nitrogens is 2. The highest BCUT2D eigenvalue weighted by Gasteiger charge is 2.34. The molecule has 1 aliphatic heterocycles. The Morgan fingerprint density at radius 3 is 2.76 bits per heavy atom. The lowest BCUT2D eigenvalue weighted by Gasteiger charge is -2.29. The van der Waals surface area contributed by atoms with E-state index in [1.807, 2.05) is 0 Å². The number of likely N-dealkylation sites (N-methyl/N-ethyl adjacent to an activating group) is 1. The number of hydrogen-bond donors (Lipinski definition) is 2. The van der Waals surface area contributed by atoms with Gasteiger partial charge in [-0.1, -0.05) is 12.1 Å². The van der Waals surface area contributed by atoms with Crippen LogP contribution in [0.4, 0.5) is 19.0 Å². The molecular formula is C25H27F3N4O5. The van der Waals surface area contributed by atoms with Crippen LogP contribution in [0.25, 0.3) is 10.9 Å². The van der Waals surface area contributed by atoms with Crippen LogP contribution in [0.1, 0.15) is 17.0 Å². The van der Waals surface area contributed by atoms with Crippen molar-refractivity contribution in [3.63, 3.8) is 0 Å². The van der Waals surface area contributed by atoms with Crippen LogP contribution in [-0.2, 0) is 22.0 Å². The van der Waals surface area contributed by atoms with Gasteiger partial charge in [0.2, 0.25) is 5.91 Å². The number of nitrogens with zero attached hydrogens (tertiary/aromatic N) is 3. The molecule has 9 nitrogen and oxygen atoms in total. The maximum absolute atomic E-state index is 14.8. The molecule has 0 saturated carbocycles. The minimum absolute atomic E-state index is 0.0202. The van der Waals surface area contributed by atoms with Gasteiger partial charge in [-0.05, 0) is 19.1 Å². The lowest BCUT2D eigenvalue weighted by Crippen LogP contribution is -2.46. The second-order valence-electron chi connectivity index (χ2n) is 8.65. The van der Waals surface area contributed by atoms with Crippen molar-refractivity contribution >= 4 is 22.6 Å². The highest BCUT2D eigenvalue weighted by Crippen LogP contribution is 2.35. The number of carbonyl (C=O) groups excluding carboxylic acids is 1. The van der Waals surface area contributed by atoms with Gasteiger partial charge in [-0.15, -0.1) is 0 Å². The quantitative estimate of drug-likeness (QED) is 0.444. The van der Waals surface area contributed by atoms with Crippen LogP contribution in [0.15, 0.2) is 30.3 Å². The summed E-state index contributed by atoms with van der Waals surface area (Å²) in [5, 5.41) is 12.5. The van der Waals surface area contributed by atoms with E-state index in [1.54, 1.807) is 31.0 Å². The predicted octanol–water partition coefficient (Wildman–Crippen LogP) is 3.02.